The van der Waals surface area contributed by atoms with Crippen LogP contribution in [0.4, 0.5) is 10.1 Å². The number of anilines is 1. The molecule has 1 heterocycles. The van der Waals surface area contributed by atoms with Crippen LogP contribution in [0.1, 0.15) is 28.0 Å². The molecule has 4 nitrogen and oxygen atoms in total. The number of fused-ring (bicyclic) bond motifs is 3. The first-order valence-electron chi connectivity index (χ1n) is 8.88. The summed E-state index contributed by atoms with van der Waals surface area (Å²) in [5.41, 5.74) is 4.95. The largest absolute Gasteiger partial charge is 1.00 e. The Hall–Kier alpha value is -2.37. The van der Waals surface area contributed by atoms with E-state index in [0.717, 1.165) is 30.5 Å². The van der Waals surface area contributed by atoms with E-state index in [1.54, 1.807) is 0 Å². The van der Waals surface area contributed by atoms with Gasteiger partial charge in [-0.3, -0.25) is 4.79 Å². The van der Waals surface area contributed by atoms with Gasteiger partial charge in [0.05, 0.1) is 0 Å². The standard InChI is InChI=1S/C21H22FN3O.ClH/c1-25(2)16-8-10-20-18(12-16)17-11-15(7-9-19(17)24-20)23-21(26)13-3-5-14(22)6-4-13;/h3-7,9,11,16,24H,8,10,12H2,1-2H3,(H,23,26);1H/p-1/t16-;/m1./s1. The third kappa shape index (κ3) is 3.84. The van der Waals surface area contributed by atoms with Crippen molar-refractivity contribution < 1.29 is 21.6 Å². The molecule has 0 unspecified atom stereocenters. The van der Waals surface area contributed by atoms with Gasteiger partial charge in [0, 0.05) is 33.9 Å². The van der Waals surface area contributed by atoms with Crippen LogP contribution in [-0.4, -0.2) is 35.9 Å². The summed E-state index contributed by atoms with van der Waals surface area (Å²) in [6.07, 6.45) is 3.21. The van der Waals surface area contributed by atoms with Crippen LogP contribution in [0.2, 0.25) is 0 Å². The van der Waals surface area contributed by atoms with Crippen molar-refractivity contribution in [1.82, 2.24) is 9.88 Å². The maximum atomic E-state index is 13.0. The fourth-order valence-electron chi connectivity index (χ4n) is 3.72. The highest BCUT2D eigenvalue weighted by atomic mass is 35.5. The summed E-state index contributed by atoms with van der Waals surface area (Å²) in [5.74, 6) is -0.586. The minimum absolute atomic E-state index is 0. The first-order valence-corrected chi connectivity index (χ1v) is 8.88. The molecule has 6 heteroatoms. The van der Waals surface area contributed by atoms with Gasteiger partial charge in [-0.2, -0.15) is 0 Å². The molecule has 1 aliphatic rings. The van der Waals surface area contributed by atoms with Gasteiger partial charge in [0.15, 0.2) is 0 Å². The van der Waals surface area contributed by atoms with Gasteiger partial charge in [-0.15, -0.1) is 0 Å². The molecule has 2 aromatic carbocycles. The Labute approximate surface area is 164 Å². The van der Waals surface area contributed by atoms with Gasteiger partial charge in [0.25, 0.3) is 5.91 Å². The van der Waals surface area contributed by atoms with Gasteiger partial charge in [-0.1, -0.05) is 0 Å². The minimum atomic E-state index is -0.350. The topological polar surface area (TPSA) is 48.1 Å². The Bertz CT molecular complexity index is 965. The Morgan fingerprint density at radius 2 is 1.93 bits per heavy atom. The number of rotatable bonds is 3. The third-order valence-corrected chi connectivity index (χ3v) is 5.26. The minimum Gasteiger partial charge on any atom is -1.00 e. The van der Waals surface area contributed by atoms with Gasteiger partial charge >= 0.3 is 0 Å². The Kier molecular flexibility index (Phi) is 5.53. The number of hydrogen-bond donors (Lipinski definition) is 2. The molecule has 2 N–H and O–H groups in total. The van der Waals surface area contributed by atoms with Crippen LogP contribution in [0.5, 0.6) is 0 Å². The fourth-order valence-corrected chi connectivity index (χ4v) is 3.72. The second-order valence-electron chi connectivity index (χ2n) is 7.16. The van der Waals surface area contributed by atoms with E-state index in [0.29, 0.717) is 11.6 Å². The summed E-state index contributed by atoms with van der Waals surface area (Å²) < 4.78 is 13.0. The molecule has 1 aromatic heterocycles. The lowest BCUT2D eigenvalue weighted by Crippen LogP contribution is -3.00. The highest BCUT2D eigenvalue weighted by Crippen LogP contribution is 2.32. The van der Waals surface area contributed by atoms with Crippen LogP contribution in [0.3, 0.4) is 0 Å². The zero-order valence-corrected chi connectivity index (χ0v) is 16.1. The molecular weight excluding hydrogens is 365 g/mol. The summed E-state index contributed by atoms with van der Waals surface area (Å²) >= 11 is 0. The number of hydrogen-bond acceptors (Lipinski definition) is 2. The number of nitrogens with zero attached hydrogens (tertiary/aromatic N) is 1. The predicted octanol–water partition coefficient (Wildman–Crippen LogP) is 0.982. The third-order valence-electron chi connectivity index (χ3n) is 5.26. The van der Waals surface area contributed by atoms with E-state index in [9.17, 15) is 9.18 Å². The molecule has 1 atom stereocenters. The van der Waals surface area contributed by atoms with Gasteiger partial charge in [-0.25, -0.2) is 4.39 Å². The Morgan fingerprint density at radius 3 is 2.63 bits per heavy atom. The summed E-state index contributed by atoms with van der Waals surface area (Å²) in [6.45, 7) is 0. The van der Waals surface area contributed by atoms with E-state index in [4.69, 9.17) is 0 Å². The number of H-pyrrole nitrogens is 1. The lowest BCUT2D eigenvalue weighted by atomic mass is 9.91. The van der Waals surface area contributed by atoms with Crippen LogP contribution in [0, 0.1) is 5.82 Å². The van der Waals surface area contributed by atoms with Gasteiger partial charge in [0.1, 0.15) is 5.82 Å². The first kappa shape index (κ1) is 19.4. The molecule has 0 bridgehead atoms. The molecule has 0 saturated carbocycles. The van der Waals surface area contributed by atoms with Gasteiger partial charge in [0.2, 0.25) is 0 Å². The van der Waals surface area contributed by atoms with Crippen LogP contribution in [-0.2, 0) is 12.8 Å². The van der Waals surface area contributed by atoms with Crippen molar-refractivity contribution >= 4 is 22.5 Å². The molecule has 0 radical (unpaired) electrons. The summed E-state index contributed by atoms with van der Waals surface area (Å²) in [7, 11) is 4.25. The molecule has 0 spiro atoms. The number of amides is 1. The number of carbonyl (C=O) groups is 1. The molecule has 142 valence electrons. The fraction of sp³-hybridized carbons (Fsp3) is 0.286. The molecule has 27 heavy (non-hydrogen) atoms. The van der Waals surface area contributed by atoms with Crippen LogP contribution < -0.4 is 17.7 Å². The predicted molar refractivity (Wildman–Crippen MR) is 102 cm³/mol. The summed E-state index contributed by atoms with van der Waals surface area (Å²) in [6, 6.07) is 12.0. The maximum Gasteiger partial charge on any atom is 0.255 e. The van der Waals surface area contributed by atoms with Gasteiger partial charge < -0.3 is 27.6 Å². The normalized spacial score (nSPS) is 16.1. The zero-order chi connectivity index (χ0) is 18.3. The van der Waals surface area contributed by atoms with Crippen molar-refractivity contribution in [2.45, 2.75) is 25.3 Å². The number of nitrogens with one attached hydrogen (secondary N) is 2. The van der Waals surface area contributed by atoms with Crippen molar-refractivity contribution in [3.05, 3.63) is 65.1 Å². The summed E-state index contributed by atoms with van der Waals surface area (Å²) in [4.78, 5) is 18.2. The highest BCUT2D eigenvalue weighted by Gasteiger charge is 2.23. The monoisotopic (exact) mass is 386 g/mol. The molecular formula is C21H22ClFN3O-. The Morgan fingerprint density at radius 1 is 1.19 bits per heavy atom. The molecule has 0 aliphatic heterocycles. The van der Waals surface area contributed by atoms with E-state index in [-0.39, 0.29) is 24.1 Å². The summed E-state index contributed by atoms with van der Waals surface area (Å²) in [5, 5.41) is 4.08. The van der Waals surface area contributed by atoms with E-state index in [2.05, 4.69) is 29.3 Å². The Balaban J connectivity index is 0.00000210. The van der Waals surface area contributed by atoms with E-state index < -0.39 is 0 Å². The van der Waals surface area contributed by atoms with Crippen LogP contribution >= 0.6 is 0 Å². The quantitative estimate of drug-likeness (QED) is 0.705. The lowest BCUT2D eigenvalue weighted by molar-refractivity contribution is -0.0000136. The van der Waals surface area contributed by atoms with Crippen molar-refractivity contribution in [3.63, 3.8) is 0 Å². The molecule has 3 aromatic rings. The van der Waals surface area contributed by atoms with Crippen molar-refractivity contribution in [1.29, 1.82) is 0 Å². The van der Waals surface area contributed by atoms with Crippen LogP contribution in [0.25, 0.3) is 10.9 Å². The molecule has 1 aliphatic carbocycles. The second kappa shape index (κ2) is 7.71. The lowest BCUT2D eigenvalue weighted by Gasteiger charge is -2.28. The number of aryl methyl sites for hydroxylation is 1. The number of likely N-dealkylation sites (N-methyl/N-ethyl adjacent to an activating group) is 1. The van der Waals surface area contributed by atoms with Crippen molar-refractivity contribution in [3.8, 4) is 0 Å². The van der Waals surface area contributed by atoms with E-state index in [1.165, 1.54) is 40.9 Å². The first-order chi connectivity index (χ1) is 12.5. The number of benzene rings is 2. The number of carbonyl (C=O) groups excluding carboxylic acids is 1. The zero-order valence-electron chi connectivity index (χ0n) is 15.4. The average Bonchev–Trinajstić information content (AvgIpc) is 2.99. The number of aromatic amines is 1. The van der Waals surface area contributed by atoms with Gasteiger partial charge in [-0.05, 0) is 81.4 Å². The SMILES string of the molecule is CN(C)[C@@H]1CCc2[nH]c3ccc(NC(=O)c4ccc(F)cc4)cc3c2C1.[Cl-]. The molecule has 4 rings (SSSR count). The maximum absolute atomic E-state index is 13.0. The average molecular weight is 387 g/mol. The molecule has 0 fully saturated rings. The second-order valence-corrected chi connectivity index (χ2v) is 7.16. The van der Waals surface area contributed by atoms with E-state index in [1.807, 2.05) is 18.2 Å². The highest BCUT2D eigenvalue weighted by molar-refractivity contribution is 6.05. The van der Waals surface area contributed by atoms with Crippen molar-refractivity contribution in [2.75, 3.05) is 19.4 Å². The van der Waals surface area contributed by atoms with Crippen LogP contribution in [0.15, 0.2) is 42.5 Å². The number of aromatic nitrogens is 1. The smallest absolute Gasteiger partial charge is 0.255 e. The van der Waals surface area contributed by atoms with E-state index >= 15 is 0 Å². The van der Waals surface area contributed by atoms with Crippen molar-refractivity contribution in [2.24, 2.45) is 0 Å². The number of halogens is 2. The molecule has 0 saturated heterocycles. The molecule has 1 amide bonds.